The van der Waals surface area contributed by atoms with Gasteiger partial charge in [-0.3, -0.25) is 0 Å². The van der Waals surface area contributed by atoms with Crippen molar-refractivity contribution in [3.63, 3.8) is 0 Å². The molecule has 5 heteroatoms. The Morgan fingerprint density at radius 1 is 1.31 bits per heavy atom. The van der Waals surface area contributed by atoms with Crippen LogP contribution in [0, 0.1) is 6.92 Å². The Morgan fingerprint density at radius 2 is 2.00 bits per heavy atom. The van der Waals surface area contributed by atoms with Crippen LogP contribution in [0.1, 0.15) is 16.1 Å². The van der Waals surface area contributed by atoms with Crippen molar-refractivity contribution < 1.29 is 9.53 Å². The van der Waals surface area contributed by atoms with Gasteiger partial charge in [-0.1, -0.05) is 23.2 Å². The molecule has 0 radical (unpaired) electrons. The monoisotopic (exact) mass is 257 g/mol. The minimum atomic E-state index is -0.430. The molecule has 0 amide bonds. The number of nitrogens with one attached hydrogen (secondary N) is 1. The Morgan fingerprint density at radius 3 is 2.62 bits per heavy atom. The van der Waals surface area contributed by atoms with E-state index in [1.165, 1.54) is 7.11 Å². The van der Waals surface area contributed by atoms with Gasteiger partial charge in [-0.2, -0.15) is 0 Å². The quantitative estimate of drug-likeness (QED) is 0.794. The second kappa shape index (κ2) is 4.00. The molecule has 0 aliphatic heterocycles. The van der Waals surface area contributed by atoms with Gasteiger partial charge in [0.05, 0.1) is 17.2 Å². The molecule has 1 heterocycles. The number of hydrogen-bond acceptors (Lipinski definition) is 2. The number of halogens is 2. The predicted octanol–water partition coefficient (Wildman–Crippen LogP) is 3.57. The molecule has 0 aliphatic rings. The van der Waals surface area contributed by atoms with Gasteiger partial charge in [-0.05, 0) is 24.6 Å². The van der Waals surface area contributed by atoms with Crippen LogP contribution in [0.2, 0.25) is 10.0 Å². The Labute approximate surface area is 102 Å². The third-order valence-corrected chi connectivity index (χ3v) is 3.37. The highest BCUT2D eigenvalue weighted by molar-refractivity contribution is 6.45. The van der Waals surface area contributed by atoms with E-state index in [1.807, 2.05) is 13.0 Å². The first kappa shape index (κ1) is 11.3. The number of aromatic amines is 1. The summed E-state index contributed by atoms with van der Waals surface area (Å²) in [6.07, 6.45) is 0. The number of rotatable bonds is 1. The van der Waals surface area contributed by atoms with Gasteiger partial charge in [0.15, 0.2) is 0 Å². The smallest absolute Gasteiger partial charge is 0.354 e. The average Bonchev–Trinajstić information content (AvgIpc) is 2.69. The molecule has 1 N–H and O–H groups in total. The van der Waals surface area contributed by atoms with Crippen molar-refractivity contribution in [2.45, 2.75) is 6.92 Å². The predicted molar refractivity (Wildman–Crippen MR) is 64.4 cm³/mol. The normalized spacial score (nSPS) is 10.8. The first-order chi connectivity index (χ1) is 7.54. The number of H-pyrrole nitrogens is 1. The summed E-state index contributed by atoms with van der Waals surface area (Å²) in [4.78, 5) is 14.3. The Balaban J connectivity index is 2.71. The molecule has 2 rings (SSSR count). The number of ether oxygens (including phenoxy) is 1. The summed E-state index contributed by atoms with van der Waals surface area (Å²) in [7, 11) is 1.33. The molecule has 0 saturated heterocycles. The van der Waals surface area contributed by atoms with Gasteiger partial charge >= 0.3 is 5.97 Å². The fraction of sp³-hybridized carbons (Fsp3) is 0.182. The Bertz CT molecular complexity index is 575. The summed E-state index contributed by atoms with van der Waals surface area (Å²) >= 11 is 12.1. The van der Waals surface area contributed by atoms with Crippen LogP contribution in [0.4, 0.5) is 0 Å². The number of fused-ring (bicyclic) bond motifs is 1. The van der Waals surface area contributed by atoms with E-state index < -0.39 is 5.97 Å². The Kier molecular flexibility index (Phi) is 2.82. The van der Waals surface area contributed by atoms with Crippen LogP contribution in [0.25, 0.3) is 10.9 Å². The number of methoxy groups -OCH3 is 1. The number of carbonyl (C=O) groups is 1. The molecule has 1 aromatic carbocycles. The zero-order valence-electron chi connectivity index (χ0n) is 8.73. The maximum absolute atomic E-state index is 11.3. The fourth-order valence-corrected chi connectivity index (χ4v) is 2.02. The van der Waals surface area contributed by atoms with Gasteiger partial charge in [-0.15, -0.1) is 0 Å². The zero-order valence-corrected chi connectivity index (χ0v) is 10.2. The third-order valence-electron chi connectivity index (χ3n) is 2.39. The molecule has 0 aliphatic carbocycles. The molecule has 3 nitrogen and oxygen atoms in total. The van der Waals surface area contributed by atoms with Gasteiger partial charge in [-0.25, -0.2) is 4.79 Å². The van der Waals surface area contributed by atoms with Crippen LogP contribution in [0.15, 0.2) is 12.1 Å². The average molecular weight is 258 g/mol. The van der Waals surface area contributed by atoms with Crippen molar-refractivity contribution in [1.82, 2.24) is 4.98 Å². The van der Waals surface area contributed by atoms with E-state index in [9.17, 15) is 4.79 Å². The van der Waals surface area contributed by atoms with Crippen LogP contribution in [0.3, 0.4) is 0 Å². The molecular formula is C11H9Cl2NO2. The summed E-state index contributed by atoms with van der Waals surface area (Å²) in [6.45, 7) is 1.85. The molecule has 84 valence electrons. The fourth-order valence-electron chi connectivity index (χ4n) is 1.56. The topological polar surface area (TPSA) is 42.1 Å². The minimum absolute atomic E-state index is 0.362. The first-order valence-electron chi connectivity index (χ1n) is 4.60. The van der Waals surface area contributed by atoms with Crippen molar-refractivity contribution in [2.75, 3.05) is 7.11 Å². The summed E-state index contributed by atoms with van der Waals surface area (Å²) in [6, 6.07) is 3.48. The zero-order chi connectivity index (χ0) is 11.9. The van der Waals surface area contributed by atoms with Crippen molar-refractivity contribution in [3.05, 3.63) is 33.4 Å². The van der Waals surface area contributed by atoms with Gasteiger partial charge < -0.3 is 9.72 Å². The maximum Gasteiger partial charge on any atom is 0.354 e. The second-order valence-electron chi connectivity index (χ2n) is 3.46. The summed E-state index contributed by atoms with van der Waals surface area (Å²) in [5, 5.41) is 1.67. The molecule has 0 saturated carbocycles. The molecule has 0 atom stereocenters. The van der Waals surface area contributed by atoms with E-state index in [4.69, 9.17) is 23.2 Å². The number of hydrogen-bond donors (Lipinski definition) is 1. The number of aromatic nitrogens is 1. The summed E-state index contributed by atoms with van der Waals surface area (Å²) in [5.41, 5.74) is 1.99. The highest BCUT2D eigenvalue weighted by Crippen LogP contribution is 2.34. The van der Waals surface area contributed by atoms with Gasteiger partial charge in [0.2, 0.25) is 0 Å². The highest BCUT2D eigenvalue weighted by atomic mass is 35.5. The summed E-state index contributed by atoms with van der Waals surface area (Å²) < 4.78 is 4.62. The lowest BCUT2D eigenvalue weighted by Crippen LogP contribution is -2.00. The van der Waals surface area contributed by atoms with Crippen LogP contribution in [-0.4, -0.2) is 18.1 Å². The second-order valence-corrected chi connectivity index (χ2v) is 4.21. The van der Waals surface area contributed by atoms with Gasteiger partial charge in [0.1, 0.15) is 5.69 Å². The number of aryl methyl sites for hydroxylation is 1. The number of benzene rings is 1. The maximum atomic E-state index is 11.3. The Hall–Kier alpha value is -1.19. The molecule has 0 unspecified atom stereocenters. The van der Waals surface area contributed by atoms with E-state index in [-0.39, 0.29) is 0 Å². The van der Waals surface area contributed by atoms with Crippen LogP contribution in [0.5, 0.6) is 0 Å². The lowest BCUT2D eigenvalue weighted by molar-refractivity contribution is 0.0595. The molecule has 2 aromatic rings. The number of carbonyl (C=O) groups excluding carboxylic acids is 1. The van der Waals surface area contributed by atoms with E-state index in [0.717, 1.165) is 16.5 Å². The molecule has 0 fully saturated rings. The van der Waals surface area contributed by atoms with E-state index in [0.29, 0.717) is 15.7 Å². The van der Waals surface area contributed by atoms with E-state index in [2.05, 4.69) is 9.72 Å². The first-order valence-corrected chi connectivity index (χ1v) is 5.36. The minimum Gasteiger partial charge on any atom is -0.464 e. The van der Waals surface area contributed by atoms with Crippen LogP contribution >= 0.6 is 23.2 Å². The summed E-state index contributed by atoms with van der Waals surface area (Å²) in [5.74, 6) is -0.430. The van der Waals surface area contributed by atoms with E-state index >= 15 is 0 Å². The van der Waals surface area contributed by atoms with Crippen molar-refractivity contribution >= 4 is 40.1 Å². The standard InChI is InChI=1S/C11H9Cl2NO2/c1-5-3-7-6(10(13)9(5)12)4-8(14-7)11(15)16-2/h3-4,14H,1-2H3. The molecular weight excluding hydrogens is 249 g/mol. The largest absolute Gasteiger partial charge is 0.464 e. The lowest BCUT2D eigenvalue weighted by Gasteiger charge is -2.01. The molecule has 1 aromatic heterocycles. The molecule has 16 heavy (non-hydrogen) atoms. The van der Waals surface area contributed by atoms with Crippen molar-refractivity contribution in [2.24, 2.45) is 0 Å². The van der Waals surface area contributed by atoms with Gasteiger partial charge in [0, 0.05) is 10.9 Å². The third kappa shape index (κ3) is 1.66. The SMILES string of the molecule is COC(=O)c1cc2c(Cl)c(Cl)c(C)cc2[nH]1. The van der Waals surface area contributed by atoms with Crippen LogP contribution < -0.4 is 0 Å². The van der Waals surface area contributed by atoms with Gasteiger partial charge in [0.25, 0.3) is 0 Å². The number of esters is 1. The van der Waals surface area contributed by atoms with Crippen molar-refractivity contribution in [1.29, 1.82) is 0 Å². The highest BCUT2D eigenvalue weighted by Gasteiger charge is 2.14. The van der Waals surface area contributed by atoms with E-state index in [1.54, 1.807) is 6.07 Å². The van der Waals surface area contributed by atoms with Crippen LogP contribution in [-0.2, 0) is 4.74 Å². The molecule has 0 bridgehead atoms. The lowest BCUT2D eigenvalue weighted by atomic mass is 10.2. The van der Waals surface area contributed by atoms with Crippen molar-refractivity contribution in [3.8, 4) is 0 Å². The molecule has 0 spiro atoms.